The maximum absolute atomic E-state index is 5.01. The lowest BCUT2D eigenvalue weighted by atomic mass is 10.4. The third-order valence-corrected chi connectivity index (χ3v) is 0.862. The van der Waals surface area contributed by atoms with E-state index in [-0.39, 0.29) is 0 Å². The minimum Gasteiger partial charge on any atom is -0.293 e. The molecule has 0 saturated heterocycles. The molecule has 0 atom stereocenters. The van der Waals surface area contributed by atoms with E-state index in [1.807, 2.05) is 0 Å². The standard InChI is InChI=1S/C4H8N4/c5-8-4-6-2-1-3-7-4/h2H,1,3,5H2,(H,7,8). The summed E-state index contributed by atoms with van der Waals surface area (Å²) >= 11 is 0. The Morgan fingerprint density at radius 2 is 2.62 bits per heavy atom. The highest BCUT2D eigenvalue weighted by atomic mass is 15.3. The average molecular weight is 112 g/mol. The summed E-state index contributed by atoms with van der Waals surface area (Å²) in [7, 11) is 0. The third kappa shape index (κ3) is 1.04. The van der Waals surface area contributed by atoms with Crippen molar-refractivity contribution in [3.05, 3.63) is 0 Å². The molecule has 1 aliphatic rings. The van der Waals surface area contributed by atoms with E-state index < -0.39 is 0 Å². The summed E-state index contributed by atoms with van der Waals surface area (Å²) in [6, 6.07) is 0. The van der Waals surface area contributed by atoms with Crippen LogP contribution in [0.5, 0.6) is 0 Å². The number of hydrazine groups is 1. The zero-order valence-electron chi connectivity index (χ0n) is 4.46. The largest absolute Gasteiger partial charge is 0.293 e. The molecular weight excluding hydrogens is 104 g/mol. The molecular formula is C4H8N4. The maximum Gasteiger partial charge on any atom is 0.232 e. The van der Waals surface area contributed by atoms with Gasteiger partial charge in [0.25, 0.3) is 0 Å². The van der Waals surface area contributed by atoms with Gasteiger partial charge in [0.1, 0.15) is 0 Å². The number of hydrogen-bond donors (Lipinski definition) is 2. The highest BCUT2D eigenvalue weighted by Gasteiger charge is 1.93. The predicted molar refractivity (Wildman–Crippen MR) is 32.7 cm³/mol. The molecule has 4 nitrogen and oxygen atoms in total. The second-order valence-corrected chi connectivity index (χ2v) is 1.45. The molecule has 8 heavy (non-hydrogen) atoms. The van der Waals surface area contributed by atoms with Crippen LogP contribution in [-0.4, -0.2) is 18.7 Å². The second-order valence-electron chi connectivity index (χ2n) is 1.45. The quantitative estimate of drug-likeness (QED) is 0.321. The van der Waals surface area contributed by atoms with Gasteiger partial charge in [0, 0.05) is 19.2 Å². The van der Waals surface area contributed by atoms with Crippen molar-refractivity contribution in [3.8, 4) is 0 Å². The van der Waals surface area contributed by atoms with Crippen LogP contribution in [-0.2, 0) is 0 Å². The molecule has 0 radical (unpaired) electrons. The van der Waals surface area contributed by atoms with Crippen molar-refractivity contribution in [2.75, 3.05) is 6.54 Å². The van der Waals surface area contributed by atoms with Crippen molar-refractivity contribution >= 4 is 12.2 Å². The normalized spacial score (nSPS) is 17.9. The average Bonchev–Trinajstić information content (AvgIpc) is 1.90. The fourth-order valence-electron chi connectivity index (χ4n) is 0.503. The Labute approximate surface area is 47.5 Å². The van der Waals surface area contributed by atoms with Crippen molar-refractivity contribution < 1.29 is 0 Å². The number of nitrogens with zero attached hydrogens (tertiary/aromatic N) is 2. The van der Waals surface area contributed by atoms with Crippen LogP contribution < -0.4 is 11.3 Å². The molecule has 0 aliphatic carbocycles. The molecule has 0 aromatic rings. The molecule has 4 heteroatoms. The molecule has 1 heterocycles. The van der Waals surface area contributed by atoms with E-state index in [4.69, 9.17) is 5.84 Å². The summed E-state index contributed by atoms with van der Waals surface area (Å²) in [6.07, 6.45) is 2.72. The van der Waals surface area contributed by atoms with Gasteiger partial charge in [0.15, 0.2) is 0 Å². The van der Waals surface area contributed by atoms with Gasteiger partial charge in [-0.05, 0) is 0 Å². The van der Waals surface area contributed by atoms with Crippen molar-refractivity contribution in [1.29, 1.82) is 0 Å². The molecule has 0 amide bonds. The van der Waals surface area contributed by atoms with Gasteiger partial charge in [0.2, 0.25) is 5.96 Å². The summed E-state index contributed by atoms with van der Waals surface area (Å²) in [5.41, 5.74) is 2.36. The highest BCUT2D eigenvalue weighted by Crippen LogP contribution is 1.86. The van der Waals surface area contributed by atoms with Crippen LogP contribution in [0.15, 0.2) is 9.98 Å². The first-order chi connectivity index (χ1) is 3.93. The fourth-order valence-corrected chi connectivity index (χ4v) is 0.503. The maximum atomic E-state index is 5.01. The summed E-state index contributed by atoms with van der Waals surface area (Å²) < 4.78 is 0. The van der Waals surface area contributed by atoms with Crippen LogP contribution in [0.3, 0.4) is 0 Å². The molecule has 0 unspecified atom stereocenters. The first-order valence-electron chi connectivity index (χ1n) is 2.47. The van der Waals surface area contributed by atoms with Crippen molar-refractivity contribution in [2.24, 2.45) is 15.8 Å². The van der Waals surface area contributed by atoms with E-state index in [1.54, 1.807) is 6.21 Å². The van der Waals surface area contributed by atoms with Crippen LogP contribution >= 0.6 is 0 Å². The number of hydrogen-bond acceptors (Lipinski definition) is 4. The van der Waals surface area contributed by atoms with Gasteiger partial charge in [-0.1, -0.05) is 0 Å². The Morgan fingerprint density at radius 1 is 1.75 bits per heavy atom. The smallest absolute Gasteiger partial charge is 0.232 e. The topological polar surface area (TPSA) is 62.8 Å². The van der Waals surface area contributed by atoms with Gasteiger partial charge >= 0.3 is 0 Å². The number of nitrogens with two attached hydrogens (primary N) is 1. The Morgan fingerprint density at radius 3 is 3.00 bits per heavy atom. The number of rotatable bonds is 0. The van der Waals surface area contributed by atoms with Crippen LogP contribution in [0.1, 0.15) is 6.42 Å². The number of nitrogens with one attached hydrogen (secondary N) is 1. The summed E-state index contributed by atoms with van der Waals surface area (Å²) in [5.74, 6) is 5.53. The van der Waals surface area contributed by atoms with Crippen LogP contribution in [0.2, 0.25) is 0 Å². The van der Waals surface area contributed by atoms with Crippen LogP contribution in [0, 0.1) is 0 Å². The van der Waals surface area contributed by atoms with Gasteiger partial charge in [0.05, 0.1) is 0 Å². The minimum atomic E-state index is 0.524. The molecule has 1 aliphatic heterocycles. The lowest BCUT2D eigenvalue weighted by Gasteiger charge is -2.01. The molecule has 1 rings (SSSR count). The fraction of sp³-hybridized carbons (Fsp3) is 0.500. The molecule has 0 aromatic carbocycles. The predicted octanol–water partition coefficient (Wildman–Crippen LogP) is -0.720. The molecule has 44 valence electrons. The molecule has 0 spiro atoms. The molecule has 0 fully saturated rings. The molecule has 0 bridgehead atoms. The van der Waals surface area contributed by atoms with Gasteiger partial charge in [-0.2, -0.15) is 0 Å². The summed E-state index contributed by atoms with van der Waals surface area (Å²) in [6.45, 7) is 0.795. The van der Waals surface area contributed by atoms with Crippen molar-refractivity contribution in [1.82, 2.24) is 5.43 Å². The molecule has 0 aromatic heterocycles. The zero-order chi connectivity index (χ0) is 5.82. The monoisotopic (exact) mass is 112 g/mol. The first kappa shape index (κ1) is 5.24. The molecule has 3 N–H and O–H groups in total. The molecule has 0 saturated carbocycles. The van der Waals surface area contributed by atoms with Gasteiger partial charge in [-0.3, -0.25) is 5.43 Å². The second kappa shape index (κ2) is 2.42. The highest BCUT2D eigenvalue weighted by molar-refractivity contribution is 5.88. The van der Waals surface area contributed by atoms with E-state index in [0.29, 0.717) is 5.96 Å². The lowest BCUT2D eigenvalue weighted by molar-refractivity contribution is 0.941. The van der Waals surface area contributed by atoms with E-state index in [1.165, 1.54) is 0 Å². The Bertz CT molecular complexity index is 126. The zero-order valence-corrected chi connectivity index (χ0v) is 4.46. The Balaban J connectivity index is 2.51. The SMILES string of the molecule is NNC1=NCCC=N1. The van der Waals surface area contributed by atoms with E-state index in [2.05, 4.69) is 15.4 Å². The Kier molecular flexibility index (Phi) is 1.58. The Hall–Kier alpha value is -0.900. The van der Waals surface area contributed by atoms with Gasteiger partial charge in [-0.15, -0.1) is 0 Å². The number of guanidine groups is 1. The minimum absolute atomic E-state index is 0.524. The summed E-state index contributed by atoms with van der Waals surface area (Å²) in [5, 5.41) is 0. The van der Waals surface area contributed by atoms with Crippen LogP contribution in [0.25, 0.3) is 0 Å². The van der Waals surface area contributed by atoms with Crippen molar-refractivity contribution in [3.63, 3.8) is 0 Å². The van der Waals surface area contributed by atoms with Crippen LogP contribution in [0.4, 0.5) is 0 Å². The first-order valence-corrected chi connectivity index (χ1v) is 2.47. The van der Waals surface area contributed by atoms with Gasteiger partial charge in [-0.25, -0.2) is 15.8 Å². The van der Waals surface area contributed by atoms with E-state index in [9.17, 15) is 0 Å². The van der Waals surface area contributed by atoms with Crippen molar-refractivity contribution in [2.45, 2.75) is 6.42 Å². The van der Waals surface area contributed by atoms with E-state index in [0.717, 1.165) is 13.0 Å². The number of aliphatic imine (C=N–C) groups is 2. The van der Waals surface area contributed by atoms with Gasteiger partial charge < -0.3 is 0 Å². The lowest BCUT2D eigenvalue weighted by Crippen LogP contribution is -2.30. The van der Waals surface area contributed by atoms with E-state index >= 15 is 0 Å². The third-order valence-electron chi connectivity index (χ3n) is 0.862. The summed E-state index contributed by atoms with van der Waals surface area (Å²) in [4.78, 5) is 7.77.